The minimum Gasteiger partial charge on any atom is -0.408 e. The molecule has 0 spiro atoms. The molecule has 0 aliphatic carbocycles. The van der Waals surface area contributed by atoms with E-state index in [0.717, 1.165) is 5.70 Å². The molecular formula is C18H35NO4Si. The van der Waals surface area contributed by atoms with Crippen LogP contribution in [0.4, 0.5) is 0 Å². The van der Waals surface area contributed by atoms with E-state index in [-0.39, 0.29) is 29.5 Å². The lowest BCUT2D eigenvalue weighted by Crippen LogP contribution is -2.59. The third-order valence-corrected chi connectivity index (χ3v) is 10.3. The highest BCUT2D eigenvalue weighted by molar-refractivity contribution is 6.74. The van der Waals surface area contributed by atoms with Crippen molar-refractivity contribution in [1.82, 2.24) is 5.32 Å². The third kappa shape index (κ3) is 3.44. The quantitative estimate of drug-likeness (QED) is 0.710. The van der Waals surface area contributed by atoms with Crippen LogP contribution in [0, 0.1) is 0 Å². The van der Waals surface area contributed by atoms with E-state index in [4.69, 9.17) is 18.6 Å². The standard InChI is InChI=1S/C18H35NO4Si/c1-12(2)19-10-14(20-7)18-11-21-15(13(3)22-18)16(18)23-24(8,9)17(4,5)6/h13-16,19H,1,10-11H2,2-9H3/t13-,14-,15?,16-,18?/m0/s1. The SMILES string of the molecule is C=C(C)NC[C@H](OC)C12COC([C@H](C)O1)[C@@H]2O[Si](C)(C)C(C)(C)C. The van der Waals surface area contributed by atoms with Crippen LogP contribution in [-0.4, -0.2) is 58.6 Å². The average Bonchev–Trinajstić information content (AvgIpc) is 2.89. The molecular weight excluding hydrogens is 322 g/mol. The first-order valence-electron chi connectivity index (χ1n) is 8.84. The van der Waals surface area contributed by atoms with Gasteiger partial charge in [-0.2, -0.15) is 0 Å². The zero-order valence-electron chi connectivity index (χ0n) is 16.6. The second kappa shape index (κ2) is 6.72. The van der Waals surface area contributed by atoms with Gasteiger partial charge in [-0.1, -0.05) is 27.4 Å². The van der Waals surface area contributed by atoms with Gasteiger partial charge >= 0.3 is 0 Å². The Morgan fingerprint density at radius 1 is 1.42 bits per heavy atom. The predicted octanol–water partition coefficient (Wildman–Crippen LogP) is 3.07. The zero-order valence-corrected chi connectivity index (χ0v) is 17.6. The van der Waals surface area contributed by atoms with Crippen molar-refractivity contribution in [2.75, 3.05) is 20.3 Å². The van der Waals surface area contributed by atoms with Crippen LogP contribution in [0.25, 0.3) is 0 Å². The van der Waals surface area contributed by atoms with E-state index in [1.165, 1.54) is 0 Å². The summed E-state index contributed by atoms with van der Waals surface area (Å²) in [6, 6.07) is 0. The molecule has 140 valence electrons. The lowest BCUT2D eigenvalue weighted by Gasteiger charge is -2.43. The van der Waals surface area contributed by atoms with Crippen molar-refractivity contribution in [2.24, 2.45) is 0 Å². The van der Waals surface area contributed by atoms with Crippen LogP contribution in [0.1, 0.15) is 34.6 Å². The molecule has 1 N–H and O–H groups in total. The summed E-state index contributed by atoms with van der Waals surface area (Å²) in [5.74, 6) is 0. The molecule has 5 nitrogen and oxygen atoms in total. The van der Waals surface area contributed by atoms with Crippen LogP contribution in [0.5, 0.6) is 0 Å². The highest BCUT2D eigenvalue weighted by Crippen LogP contribution is 2.48. The van der Waals surface area contributed by atoms with Crippen LogP contribution < -0.4 is 5.32 Å². The summed E-state index contributed by atoms with van der Waals surface area (Å²) in [4.78, 5) is 0. The molecule has 2 aliphatic rings. The van der Waals surface area contributed by atoms with Gasteiger partial charge in [0, 0.05) is 19.4 Å². The van der Waals surface area contributed by atoms with Crippen LogP contribution in [-0.2, 0) is 18.6 Å². The Morgan fingerprint density at radius 3 is 2.50 bits per heavy atom. The van der Waals surface area contributed by atoms with Gasteiger partial charge in [0.2, 0.25) is 0 Å². The summed E-state index contributed by atoms with van der Waals surface area (Å²) in [6.45, 7) is 20.4. The van der Waals surface area contributed by atoms with E-state index in [9.17, 15) is 0 Å². The minimum absolute atomic E-state index is 0.0102. The Morgan fingerprint density at radius 2 is 2.04 bits per heavy atom. The second-order valence-electron chi connectivity index (χ2n) is 8.74. The van der Waals surface area contributed by atoms with Gasteiger partial charge in [0.25, 0.3) is 0 Å². The first-order valence-corrected chi connectivity index (χ1v) is 11.7. The van der Waals surface area contributed by atoms with E-state index in [0.29, 0.717) is 13.2 Å². The molecule has 2 bridgehead atoms. The molecule has 0 radical (unpaired) electrons. The van der Waals surface area contributed by atoms with Gasteiger partial charge < -0.3 is 24.0 Å². The van der Waals surface area contributed by atoms with Gasteiger partial charge in [-0.3, -0.25) is 0 Å². The van der Waals surface area contributed by atoms with Crippen molar-refractivity contribution in [3.8, 4) is 0 Å². The number of ether oxygens (including phenoxy) is 3. The molecule has 2 aliphatic heterocycles. The number of nitrogens with one attached hydrogen (secondary N) is 1. The molecule has 0 aromatic carbocycles. The van der Waals surface area contributed by atoms with Gasteiger partial charge in [0.05, 0.1) is 12.7 Å². The largest absolute Gasteiger partial charge is 0.408 e. The summed E-state index contributed by atoms with van der Waals surface area (Å²) >= 11 is 0. The molecule has 5 atom stereocenters. The molecule has 0 aromatic rings. The molecule has 0 saturated carbocycles. The Balaban J connectivity index is 2.27. The second-order valence-corrected chi connectivity index (χ2v) is 13.5. The summed E-state index contributed by atoms with van der Waals surface area (Å²) in [7, 11) is -0.222. The lowest BCUT2D eigenvalue weighted by molar-refractivity contribution is -0.187. The van der Waals surface area contributed by atoms with Crippen molar-refractivity contribution >= 4 is 8.32 Å². The monoisotopic (exact) mass is 357 g/mol. The number of hydrogen-bond acceptors (Lipinski definition) is 5. The summed E-state index contributed by atoms with van der Waals surface area (Å²) in [5, 5.41) is 3.42. The molecule has 0 amide bonds. The molecule has 2 heterocycles. The Labute approximate surface area is 148 Å². The number of methoxy groups -OCH3 is 1. The minimum atomic E-state index is -1.95. The molecule has 24 heavy (non-hydrogen) atoms. The summed E-state index contributed by atoms with van der Waals surface area (Å²) < 4.78 is 25.0. The van der Waals surface area contributed by atoms with E-state index in [1.54, 1.807) is 7.11 Å². The lowest BCUT2D eigenvalue weighted by atomic mass is 9.92. The highest BCUT2D eigenvalue weighted by atomic mass is 28.4. The summed E-state index contributed by atoms with van der Waals surface area (Å²) in [6.07, 6.45) is -0.262. The van der Waals surface area contributed by atoms with E-state index in [2.05, 4.69) is 52.7 Å². The number of fused-ring (bicyclic) bond motifs is 2. The number of rotatable bonds is 7. The van der Waals surface area contributed by atoms with Crippen molar-refractivity contribution in [3.05, 3.63) is 12.3 Å². The third-order valence-electron chi connectivity index (χ3n) is 5.80. The number of allylic oxidation sites excluding steroid dienone is 1. The van der Waals surface area contributed by atoms with Gasteiger partial charge in [-0.25, -0.2) is 0 Å². The maximum absolute atomic E-state index is 6.77. The molecule has 0 aromatic heterocycles. The summed E-state index contributed by atoms with van der Waals surface area (Å²) in [5.41, 5.74) is 0.355. The topological polar surface area (TPSA) is 49.0 Å². The van der Waals surface area contributed by atoms with E-state index >= 15 is 0 Å². The van der Waals surface area contributed by atoms with Crippen molar-refractivity contribution in [2.45, 2.75) is 82.8 Å². The first kappa shape index (κ1) is 19.9. The molecule has 2 saturated heterocycles. The van der Waals surface area contributed by atoms with Crippen LogP contribution in [0.15, 0.2) is 12.3 Å². The van der Waals surface area contributed by atoms with Gasteiger partial charge in [0.1, 0.15) is 23.9 Å². The van der Waals surface area contributed by atoms with Gasteiger partial charge in [0.15, 0.2) is 8.32 Å². The van der Waals surface area contributed by atoms with Crippen molar-refractivity contribution in [3.63, 3.8) is 0 Å². The fraction of sp³-hybridized carbons (Fsp3) is 0.889. The average molecular weight is 358 g/mol. The molecule has 2 rings (SSSR count). The first-order chi connectivity index (χ1) is 10.9. The fourth-order valence-electron chi connectivity index (χ4n) is 3.31. The smallest absolute Gasteiger partial charge is 0.192 e. The maximum atomic E-state index is 6.77. The van der Waals surface area contributed by atoms with Crippen LogP contribution >= 0.6 is 0 Å². The number of hydrogen-bond donors (Lipinski definition) is 1. The maximum Gasteiger partial charge on any atom is 0.192 e. The van der Waals surface area contributed by atoms with Crippen molar-refractivity contribution in [1.29, 1.82) is 0 Å². The van der Waals surface area contributed by atoms with Crippen LogP contribution in [0.2, 0.25) is 18.1 Å². The Hall–Kier alpha value is -0.403. The van der Waals surface area contributed by atoms with Gasteiger partial charge in [-0.05, 0) is 32.0 Å². The molecule has 2 unspecified atom stereocenters. The zero-order chi connectivity index (χ0) is 18.3. The fourth-order valence-corrected chi connectivity index (χ4v) is 4.63. The Bertz CT molecular complexity index is 476. The van der Waals surface area contributed by atoms with E-state index in [1.807, 2.05) is 6.92 Å². The molecule has 2 fully saturated rings. The normalized spacial score (nSPS) is 34.4. The predicted molar refractivity (Wildman–Crippen MR) is 98.7 cm³/mol. The Kier molecular flexibility index (Phi) is 5.58. The van der Waals surface area contributed by atoms with E-state index < -0.39 is 13.9 Å². The van der Waals surface area contributed by atoms with Crippen LogP contribution in [0.3, 0.4) is 0 Å². The van der Waals surface area contributed by atoms with Gasteiger partial charge in [-0.15, -0.1) is 0 Å². The van der Waals surface area contributed by atoms with Crippen molar-refractivity contribution < 1.29 is 18.6 Å². The molecule has 6 heteroatoms. The highest BCUT2D eigenvalue weighted by Gasteiger charge is 2.66.